The van der Waals surface area contributed by atoms with Gasteiger partial charge in [0.05, 0.1) is 18.8 Å². The number of hydrogen-bond donors (Lipinski definition) is 1. The van der Waals surface area contributed by atoms with E-state index in [0.717, 1.165) is 11.0 Å². The fourth-order valence-corrected chi connectivity index (χ4v) is 5.04. The van der Waals surface area contributed by atoms with Gasteiger partial charge in [-0.15, -0.1) is 11.3 Å². The van der Waals surface area contributed by atoms with Crippen LogP contribution in [-0.2, 0) is 21.8 Å². The van der Waals surface area contributed by atoms with E-state index in [2.05, 4.69) is 0 Å². The van der Waals surface area contributed by atoms with Crippen molar-refractivity contribution < 1.29 is 33.0 Å². The van der Waals surface area contributed by atoms with E-state index in [-0.39, 0.29) is 24.2 Å². The van der Waals surface area contributed by atoms with Crippen LogP contribution in [0, 0.1) is 13.8 Å². The van der Waals surface area contributed by atoms with Crippen molar-refractivity contribution in [3.63, 3.8) is 0 Å². The molecule has 1 saturated heterocycles. The number of aliphatic hydroxyl groups excluding tert-OH is 1. The predicted molar refractivity (Wildman–Crippen MR) is 135 cm³/mol. The van der Waals surface area contributed by atoms with Crippen molar-refractivity contribution >= 4 is 23.4 Å². The van der Waals surface area contributed by atoms with Crippen molar-refractivity contribution in [1.82, 2.24) is 4.90 Å². The monoisotopic (exact) mass is 521 g/mol. The number of carbonyl (C=O) groups excluding carboxylic acids is 2. The van der Waals surface area contributed by atoms with Crippen LogP contribution in [0.25, 0.3) is 0 Å². The van der Waals surface area contributed by atoms with Crippen LogP contribution in [-0.4, -0.2) is 53.5 Å². The van der Waals surface area contributed by atoms with Crippen LogP contribution in [0.4, 0.5) is 13.6 Å². The lowest BCUT2D eigenvalue weighted by Crippen LogP contribution is -2.45. The van der Waals surface area contributed by atoms with E-state index in [1.807, 2.05) is 6.07 Å². The lowest BCUT2D eigenvalue weighted by Gasteiger charge is -2.33. The molecule has 1 fully saturated rings. The predicted octanol–water partition coefficient (Wildman–Crippen LogP) is 5.78. The molecule has 196 valence electrons. The first-order valence-electron chi connectivity index (χ1n) is 12.0. The third-order valence-electron chi connectivity index (χ3n) is 5.80. The summed E-state index contributed by atoms with van der Waals surface area (Å²) in [6.45, 7) is 7.57. The summed E-state index contributed by atoms with van der Waals surface area (Å²) >= 11 is 1.35. The minimum absolute atomic E-state index is 0.181. The molecule has 1 amide bonds. The van der Waals surface area contributed by atoms with E-state index >= 15 is 0 Å². The number of carbonyl (C=O) groups is 2. The van der Waals surface area contributed by atoms with Crippen molar-refractivity contribution in [2.75, 3.05) is 13.2 Å². The second-order valence-electron chi connectivity index (χ2n) is 9.32. The van der Waals surface area contributed by atoms with Crippen LogP contribution >= 0.6 is 11.3 Å². The highest BCUT2D eigenvalue weighted by Crippen LogP contribution is 2.34. The van der Waals surface area contributed by atoms with Gasteiger partial charge in [-0.3, -0.25) is 0 Å². The standard InChI is InChI=1S/C27H33F2NO5S/c1-17(2)35-25(32)23-9-8-22(36-23)6-5-12-30-21(11-13-34-26(30)33)7-10-24(31)27(28,29)20-15-18(3)14-19(4)16-20/h7-10,14-17,21,24,31H,5-6,11-13H2,1-4H3. The number of benzene rings is 1. The molecule has 6 nitrogen and oxygen atoms in total. The highest BCUT2D eigenvalue weighted by atomic mass is 32.1. The number of ether oxygens (including phenoxy) is 2. The lowest BCUT2D eigenvalue weighted by molar-refractivity contribution is -0.0930. The van der Waals surface area contributed by atoms with Gasteiger partial charge in [0.2, 0.25) is 0 Å². The summed E-state index contributed by atoms with van der Waals surface area (Å²) in [5, 5.41) is 10.3. The summed E-state index contributed by atoms with van der Waals surface area (Å²) in [7, 11) is 0. The number of halogens is 2. The van der Waals surface area contributed by atoms with E-state index in [4.69, 9.17) is 9.47 Å². The van der Waals surface area contributed by atoms with Gasteiger partial charge in [0.1, 0.15) is 11.0 Å². The van der Waals surface area contributed by atoms with Gasteiger partial charge in [0.15, 0.2) is 0 Å². The zero-order valence-electron chi connectivity index (χ0n) is 21.0. The number of aliphatic hydroxyl groups is 1. The summed E-state index contributed by atoms with van der Waals surface area (Å²) < 4.78 is 40.2. The number of thiophene rings is 1. The number of rotatable bonds is 10. The normalized spacial score (nSPS) is 17.5. The molecule has 3 rings (SSSR count). The Labute approximate surface area is 214 Å². The number of hydrogen-bond acceptors (Lipinski definition) is 6. The van der Waals surface area contributed by atoms with Gasteiger partial charge in [0, 0.05) is 23.4 Å². The summed E-state index contributed by atoms with van der Waals surface area (Å²) in [6, 6.07) is 7.65. The molecule has 0 saturated carbocycles. The maximum atomic E-state index is 14.9. The summed E-state index contributed by atoms with van der Waals surface area (Å²) in [4.78, 5) is 27.4. The van der Waals surface area contributed by atoms with Gasteiger partial charge >= 0.3 is 18.0 Å². The molecule has 2 aromatic rings. The van der Waals surface area contributed by atoms with Crippen LogP contribution in [0.3, 0.4) is 0 Å². The second-order valence-corrected chi connectivity index (χ2v) is 10.5. The molecule has 0 bridgehead atoms. The van der Waals surface area contributed by atoms with Gasteiger partial charge in [-0.25, -0.2) is 9.59 Å². The zero-order chi connectivity index (χ0) is 26.5. The lowest BCUT2D eigenvalue weighted by atomic mass is 9.98. The minimum atomic E-state index is -3.47. The molecule has 2 unspecified atom stereocenters. The van der Waals surface area contributed by atoms with E-state index in [1.54, 1.807) is 39.8 Å². The van der Waals surface area contributed by atoms with Gasteiger partial charge in [-0.05, 0) is 64.8 Å². The van der Waals surface area contributed by atoms with Crippen molar-refractivity contribution in [2.45, 2.75) is 71.1 Å². The zero-order valence-corrected chi connectivity index (χ0v) is 21.8. The van der Waals surface area contributed by atoms with Gasteiger partial charge in [-0.2, -0.15) is 8.78 Å². The van der Waals surface area contributed by atoms with Crippen molar-refractivity contribution in [2.24, 2.45) is 0 Å². The summed E-state index contributed by atoms with van der Waals surface area (Å²) in [5.74, 6) is -3.83. The molecule has 1 aromatic heterocycles. The van der Waals surface area contributed by atoms with Gasteiger partial charge in [-0.1, -0.05) is 29.3 Å². The third kappa shape index (κ3) is 7.13. The summed E-state index contributed by atoms with van der Waals surface area (Å²) in [6.07, 6.45) is 1.46. The number of esters is 1. The highest BCUT2D eigenvalue weighted by molar-refractivity contribution is 7.13. The Morgan fingerprint density at radius 3 is 2.64 bits per heavy atom. The Kier molecular flexibility index (Phi) is 9.24. The smallest absolute Gasteiger partial charge is 0.410 e. The van der Waals surface area contributed by atoms with E-state index in [9.17, 15) is 23.5 Å². The van der Waals surface area contributed by atoms with Crippen molar-refractivity contribution in [3.8, 4) is 0 Å². The van der Waals surface area contributed by atoms with Crippen LogP contribution in [0.1, 0.15) is 57.9 Å². The molecule has 0 spiro atoms. The van der Waals surface area contributed by atoms with Gasteiger partial charge < -0.3 is 19.5 Å². The SMILES string of the molecule is Cc1cc(C)cc(C(F)(F)C(O)C=CC2CCOC(=O)N2CCCc2ccc(C(=O)OC(C)C)s2)c1. The molecular formula is C27H33F2NO5S. The van der Waals surface area contributed by atoms with E-state index < -0.39 is 24.2 Å². The van der Waals surface area contributed by atoms with E-state index in [1.165, 1.54) is 34.4 Å². The third-order valence-corrected chi connectivity index (χ3v) is 6.92. The Morgan fingerprint density at radius 1 is 1.28 bits per heavy atom. The maximum absolute atomic E-state index is 14.9. The number of cyclic esters (lactones) is 1. The average Bonchev–Trinajstić information content (AvgIpc) is 3.27. The Morgan fingerprint density at radius 2 is 1.97 bits per heavy atom. The number of alkyl halides is 2. The topological polar surface area (TPSA) is 76.1 Å². The first kappa shape index (κ1) is 27.8. The molecule has 1 aliphatic heterocycles. The minimum Gasteiger partial charge on any atom is -0.459 e. The maximum Gasteiger partial charge on any atom is 0.410 e. The Hall–Kier alpha value is -2.78. The molecule has 9 heteroatoms. The summed E-state index contributed by atoms with van der Waals surface area (Å²) in [5.41, 5.74) is 1.14. The van der Waals surface area contributed by atoms with Gasteiger partial charge in [0.25, 0.3) is 0 Å². The number of nitrogens with zero attached hydrogens (tertiary/aromatic N) is 1. The molecule has 1 aliphatic rings. The van der Waals surface area contributed by atoms with Crippen LogP contribution < -0.4 is 0 Å². The fourth-order valence-electron chi connectivity index (χ4n) is 4.11. The molecule has 0 aliphatic carbocycles. The Balaban J connectivity index is 1.61. The van der Waals surface area contributed by atoms with Crippen molar-refractivity contribution in [1.29, 1.82) is 0 Å². The molecule has 2 heterocycles. The van der Waals surface area contributed by atoms with Crippen LogP contribution in [0.15, 0.2) is 42.5 Å². The number of amides is 1. The van der Waals surface area contributed by atoms with Crippen LogP contribution in [0.5, 0.6) is 0 Å². The second kappa shape index (κ2) is 12.0. The van der Waals surface area contributed by atoms with Crippen LogP contribution in [0.2, 0.25) is 0 Å². The quantitative estimate of drug-likeness (QED) is 0.317. The highest BCUT2D eigenvalue weighted by Gasteiger charge is 2.39. The molecule has 1 aromatic carbocycles. The fraction of sp³-hybridized carbons (Fsp3) is 0.481. The molecule has 1 N–H and O–H groups in total. The molecule has 2 atom stereocenters. The van der Waals surface area contributed by atoms with Crippen molar-refractivity contribution in [3.05, 3.63) is 68.9 Å². The first-order chi connectivity index (χ1) is 17.0. The molecule has 36 heavy (non-hydrogen) atoms. The average molecular weight is 522 g/mol. The first-order valence-corrected chi connectivity index (χ1v) is 12.8. The Bertz CT molecular complexity index is 1080. The molecule has 0 radical (unpaired) electrons. The largest absolute Gasteiger partial charge is 0.459 e. The van der Waals surface area contributed by atoms with E-state index in [0.29, 0.717) is 41.8 Å². The number of aryl methyl sites for hydroxylation is 3. The molecular weight excluding hydrogens is 488 g/mol.